The van der Waals surface area contributed by atoms with E-state index in [1.807, 2.05) is 50.7 Å². The summed E-state index contributed by atoms with van der Waals surface area (Å²) < 4.78 is 13.0. The molecule has 0 aliphatic carbocycles. The molecule has 8 rings (SSSR count). The molecule has 526 valence electrons. The number of hydrogen-bond donors (Lipinski definition) is 0. The molecular weight excluding hydrogens is 1250 g/mol. The second-order valence-electron chi connectivity index (χ2n) is 28.4. The molecule has 2 aliphatic heterocycles. The first kappa shape index (κ1) is 77.0. The molecule has 2 amide bonds. The number of carbonyl (C=O) groups excluding carboxylic acids is 2. The number of aryl methyl sites for hydroxylation is 3. The molecule has 0 fully saturated rings. The summed E-state index contributed by atoms with van der Waals surface area (Å²) in [5, 5.41) is 0. The molecule has 2 atom stereocenters. The minimum absolute atomic E-state index is 0.0250. The largest absolute Gasteiger partial charge is 0.493 e. The van der Waals surface area contributed by atoms with Crippen LogP contribution in [0.4, 0.5) is 0 Å². The van der Waals surface area contributed by atoms with Crippen molar-refractivity contribution in [1.82, 2.24) is 9.80 Å². The number of hydrogen-bond acceptors (Lipinski definition) is 8. The predicted molar refractivity (Wildman–Crippen MR) is 418 cm³/mol. The maximum absolute atomic E-state index is 14.9. The van der Waals surface area contributed by atoms with E-state index >= 15 is 0 Å². The van der Waals surface area contributed by atoms with Gasteiger partial charge in [-0.2, -0.15) is 0 Å². The van der Waals surface area contributed by atoms with Gasteiger partial charge in [-0.25, -0.2) is 0 Å². The van der Waals surface area contributed by atoms with Gasteiger partial charge < -0.3 is 19.3 Å². The topological polar surface area (TPSA) is 59.1 Å². The van der Waals surface area contributed by atoms with Crippen molar-refractivity contribution in [2.24, 2.45) is 11.8 Å². The number of unbranched alkanes of at least 4 members (excludes halogenated alkanes) is 28. The predicted octanol–water partition coefficient (Wildman–Crippen LogP) is 27.3. The third-order valence-corrected chi connectivity index (χ3v) is 25.2. The minimum atomic E-state index is -0.0250. The molecule has 96 heavy (non-hydrogen) atoms. The fourth-order valence-electron chi connectivity index (χ4n) is 14.3. The fraction of sp³-hybridized carbons (Fsp3) is 0.605. The van der Waals surface area contributed by atoms with E-state index in [2.05, 4.69) is 132 Å². The molecule has 6 aromatic rings. The molecule has 0 saturated heterocycles. The number of nitrogens with zero attached hydrogens (tertiary/aromatic N) is 2. The van der Waals surface area contributed by atoms with Gasteiger partial charge in [-0.15, -0.1) is 45.3 Å². The first-order valence-corrected chi connectivity index (χ1v) is 42.3. The minimum Gasteiger partial charge on any atom is -0.493 e. The highest BCUT2D eigenvalue weighted by Gasteiger charge is 2.47. The number of allylic oxidation sites excluding steroid dienone is 1. The van der Waals surface area contributed by atoms with Gasteiger partial charge in [0, 0.05) is 52.9 Å². The zero-order chi connectivity index (χ0) is 67.4. The lowest BCUT2D eigenvalue weighted by atomic mass is 9.94. The van der Waals surface area contributed by atoms with Gasteiger partial charge in [0.1, 0.15) is 11.5 Å². The standard InChI is InChI=1S/C86H124N2O4S4/c1-7-11-15-19-23-25-29-35-45-71(43-33-27-21-17-13-9-3)65-91-73-52-48-69(49-53-73)41-37-31-39-63-87-68(6)82-83(86(87)90)84(81-62-61-80(96-81)79-60-59-78(95-79)77-58-57-76(94-77)75-56-47-67(5)93-75)88(85(82)89)64-40-32-38-42-70-50-54-74(55-51-70)92-66-72(44-34-28-22-18-14-10-4)46-36-30-26-24-20-16-12-8-2/h47-62,71-72H,7-46,63-66H2,1-6H3. The number of fused-ring (bicyclic) bond motifs is 1. The van der Waals surface area contributed by atoms with Gasteiger partial charge in [0.25, 0.3) is 11.8 Å². The van der Waals surface area contributed by atoms with Gasteiger partial charge in [-0.3, -0.25) is 9.59 Å². The maximum atomic E-state index is 14.9. The van der Waals surface area contributed by atoms with Crippen LogP contribution in [-0.2, 0) is 22.4 Å². The van der Waals surface area contributed by atoms with E-state index in [1.165, 1.54) is 246 Å². The average molecular weight is 1380 g/mol. The van der Waals surface area contributed by atoms with Gasteiger partial charge in [-0.1, -0.05) is 245 Å². The fourth-order valence-corrected chi connectivity index (χ4v) is 18.6. The molecule has 2 aliphatic rings. The molecule has 6 heterocycles. The van der Waals surface area contributed by atoms with E-state index in [9.17, 15) is 9.59 Å². The Bertz CT molecular complexity index is 3190. The highest BCUT2D eigenvalue weighted by molar-refractivity contribution is 7.28. The van der Waals surface area contributed by atoms with Crippen molar-refractivity contribution in [3.05, 3.63) is 135 Å². The van der Waals surface area contributed by atoms with Gasteiger partial charge in [0.2, 0.25) is 0 Å². The Morgan fingerprint density at radius 1 is 0.323 bits per heavy atom. The van der Waals surface area contributed by atoms with Crippen LogP contribution in [0.25, 0.3) is 35.0 Å². The van der Waals surface area contributed by atoms with Gasteiger partial charge >= 0.3 is 0 Å². The first-order valence-electron chi connectivity index (χ1n) is 39.1. The monoisotopic (exact) mass is 1380 g/mol. The Labute approximate surface area is 599 Å². The quantitative estimate of drug-likeness (QED) is 0.0357. The highest BCUT2D eigenvalue weighted by Crippen LogP contribution is 2.48. The Balaban J connectivity index is 0.843. The molecule has 2 aromatic carbocycles. The van der Waals surface area contributed by atoms with Gasteiger partial charge in [-0.05, 0) is 174 Å². The Hall–Kier alpha value is -4.74. The van der Waals surface area contributed by atoms with E-state index < -0.39 is 0 Å². The molecule has 0 radical (unpaired) electrons. The Kier molecular flexibility index (Phi) is 35.6. The normalized spacial score (nSPS) is 13.9. The molecular formula is C86H124N2O4S4. The van der Waals surface area contributed by atoms with Crippen LogP contribution in [0, 0.1) is 18.8 Å². The lowest BCUT2D eigenvalue weighted by molar-refractivity contribution is -0.124. The van der Waals surface area contributed by atoms with Crippen LogP contribution in [0.1, 0.15) is 299 Å². The number of benzene rings is 2. The zero-order valence-corrected chi connectivity index (χ0v) is 63.9. The summed E-state index contributed by atoms with van der Waals surface area (Å²) in [7, 11) is 0. The molecule has 10 heteroatoms. The van der Waals surface area contributed by atoms with Crippen LogP contribution in [0.15, 0.2) is 114 Å². The van der Waals surface area contributed by atoms with E-state index in [0.717, 1.165) is 97.2 Å². The first-order chi connectivity index (χ1) is 47.2. The second-order valence-corrected chi connectivity index (χ2v) is 32.9. The SMILES string of the molecule is CCCCCCCCCCC(CCCCCCCC)COc1ccc(CCCCCN2C(=O)C3=C(c4ccc(-c5ccc(-c6ccc(-c7ccc(C)s7)s6)s5)s4)N(CCCCCc4ccc(OCC(CCCCCCCC)CCCCCCCCCC)cc4)C(=O)C3=C2C)cc1. The van der Waals surface area contributed by atoms with Crippen molar-refractivity contribution in [3.63, 3.8) is 0 Å². The van der Waals surface area contributed by atoms with Crippen molar-refractivity contribution in [3.8, 4) is 40.8 Å². The van der Waals surface area contributed by atoms with Crippen LogP contribution < -0.4 is 9.47 Å². The van der Waals surface area contributed by atoms with Crippen LogP contribution >= 0.6 is 45.3 Å². The van der Waals surface area contributed by atoms with E-state index in [1.54, 1.807) is 11.3 Å². The third-order valence-electron chi connectivity index (χ3n) is 20.3. The molecule has 0 spiro atoms. The van der Waals surface area contributed by atoms with E-state index in [4.69, 9.17) is 9.47 Å². The number of amides is 2. The molecule has 6 nitrogen and oxygen atoms in total. The van der Waals surface area contributed by atoms with Crippen molar-refractivity contribution in [2.45, 2.75) is 298 Å². The average Bonchev–Trinajstić information content (AvgIpc) is 1.57. The lowest BCUT2D eigenvalue weighted by Gasteiger charge is -2.23. The lowest BCUT2D eigenvalue weighted by Crippen LogP contribution is -2.30. The van der Waals surface area contributed by atoms with E-state index in [-0.39, 0.29) is 11.8 Å². The van der Waals surface area contributed by atoms with Crippen LogP contribution in [-0.4, -0.2) is 47.9 Å². The smallest absolute Gasteiger partial charge is 0.261 e. The molecule has 2 unspecified atom stereocenters. The van der Waals surface area contributed by atoms with Crippen LogP contribution in [0.2, 0.25) is 0 Å². The summed E-state index contributed by atoms with van der Waals surface area (Å²) in [4.78, 5) is 43.5. The van der Waals surface area contributed by atoms with Crippen molar-refractivity contribution in [1.29, 1.82) is 0 Å². The van der Waals surface area contributed by atoms with Crippen molar-refractivity contribution < 1.29 is 19.1 Å². The molecule has 0 bridgehead atoms. The van der Waals surface area contributed by atoms with Gasteiger partial charge in [0.15, 0.2) is 0 Å². The summed E-state index contributed by atoms with van der Waals surface area (Å²) in [6.07, 6.45) is 50.9. The number of thiophene rings is 4. The molecule has 4 aromatic heterocycles. The van der Waals surface area contributed by atoms with Crippen molar-refractivity contribution in [2.75, 3.05) is 26.3 Å². The number of rotatable bonds is 54. The summed E-state index contributed by atoms with van der Waals surface area (Å²) >= 11 is 7.22. The summed E-state index contributed by atoms with van der Waals surface area (Å²) in [6, 6.07) is 35.5. The maximum Gasteiger partial charge on any atom is 0.261 e. The van der Waals surface area contributed by atoms with E-state index in [0.29, 0.717) is 36.1 Å². The van der Waals surface area contributed by atoms with Gasteiger partial charge in [0.05, 0.1) is 34.9 Å². The zero-order valence-electron chi connectivity index (χ0n) is 60.7. The summed E-state index contributed by atoms with van der Waals surface area (Å²) in [5.74, 6) is 3.18. The van der Waals surface area contributed by atoms with Crippen LogP contribution in [0.3, 0.4) is 0 Å². The Morgan fingerprint density at radius 2 is 0.635 bits per heavy atom. The summed E-state index contributed by atoms with van der Waals surface area (Å²) in [6.45, 7) is 16.2. The molecule has 0 saturated carbocycles. The second kappa shape index (κ2) is 44.4. The number of ether oxygens (including phenoxy) is 2. The molecule has 0 N–H and O–H groups in total. The number of carbonyl (C=O) groups is 2. The third kappa shape index (κ3) is 25.5. The van der Waals surface area contributed by atoms with Crippen molar-refractivity contribution >= 4 is 62.9 Å². The highest BCUT2D eigenvalue weighted by atomic mass is 32.1. The van der Waals surface area contributed by atoms with Crippen LogP contribution in [0.5, 0.6) is 11.5 Å². The Morgan fingerprint density at radius 3 is 1.01 bits per heavy atom. The summed E-state index contributed by atoms with van der Waals surface area (Å²) in [5.41, 5.74) is 5.46.